The van der Waals surface area contributed by atoms with Crippen LogP contribution < -0.4 is 5.32 Å². The van der Waals surface area contributed by atoms with Crippen molar-refractivity contribution in [1.82, 2.24) is 19.7 Å². The number of aromatic nitrogens is 3. The van der Waals surface area contributed by atoms with Gasteiger partial charge in [0.1, 0.15) is 12.1 Å². The lowest BCUT2D eigenvalue weighted by Crippen LogP contribution is -2.39. The van der Waals surface area contributed by atoms with Gasteiger partial charge in [0.05, 0.1) is 12.7 Å². The summed E-state index contributed by atoms with van der Waals surface area (Å²) in [7, 11) is 1.79. The minimum atomic E-state index is -1.15. The van der Waals surface area contributed by atoms with E-state index in [0.29, 0.717) is 5.56 Å². The van der Waals surface area contributed by atoms with E-state index in [2.05, 4.69) is 10.4 Å². The van der Waals surface area contributed by atoms with Crippen molar-refractivity contribution in [3.8, 4) is 0 Å². The highest BCUT2D eigenvalue weighted by Gasteiger charge is 2.25. The van der Waals surface area contributed by atoms with Gasteiger partial charge in [0, 0.05) is 35.9 Å². The highest BCUT2D eigenvalue weighted by atomic mass is 16.3. The maximum Gasteiger partial charge on any atom is 0.240 e. The molecule has 0 bridgehead atoms. The zero-order valence-corrected chi connectivity index (χ0v) is 14.2. The third kappa shape index (κ3) is 3.19. The summed E-state index contributed by atoms with van der Waals surface area (Å²) >= 11 is 0. The summed E-state index contributed by atoms with van der Waals surface area (Å²) in [5, 5.41) is 18.5. The lowest BCUT2D eigenvalue weighted by Gasteiger charge is -2.22. The first-order valence-corrected chi connectivity index (χ1v) is 7.89. The fourth-order valence-electron chi connectivity index (χ4n) is 2.84. The van der Waals surface area contributed by atoms with Crippen LogP contribution in [0.3, 0.4) is 0 Å². The summed E-state index contributed by atoms with van der Waals surface area (Å²) in [5.74, 6) is -0.139. The van der Waals surface area contributed by atoms with Gasteiger partial charge in [0.2, 0.25) is 5.91 Å². The van der Waals surface area contributed by atoms with Crippen LogP contribution in [0.25, 0.3) is 10.9 Å². The number of para-hydroxylation sites is 1. The Hall–Kier alpha value is -2.60. The number of carbonyl (C=O) groups is 1. The zero-order chi connectivity index (χ0) is 17.3. The fraction of sp³-hybridized carbons (Fsp3) is 0.333. The molecule has 0 spiro atoms. The van der Waals surface area contributed by atoms with Crippen LogP contribution >= 0.6 is 0 Å². The Labute approximate surface area is 140 Å². The van der Waals surface area contributed by atoms with E-state index in [0.717, 1.165) is 16.5 Å². The van der Waals surface area contributed by atoms with Crippen molar-refractivity contribution in [2.75, 3.05) is 6.54 Å². The first-order valence-electron chi connectivity index (χ1n) is 7.89. The third-order valence-electron chi connectivity index (χ3n) is 4.26. The number of hydrogen-bond acceptors (Lipinski definition) is 3. The number of nitrogens with one attached hydrogen (secondary N) is 1. The molecule has 0 saturated heterocycles. The Kier molecular flexibility index (Phi) is 4.15. The van der Waals surface area contributed by atoms with Crippen molar-refractivity contribution < 1.29 is 9.90 Å². The Morgan fingerprint density at radius 2 is 2.08 bits per heavy atom. The SMILES string of the molecule is Cc1cn(CC(=O)NCC(C)(O)c2cnn(C)c2)c2ccccc12. The molecule has 2 N–H and O–H groups in total. The van der Waals surface area contributed by atoms with E-state index in [1.54, 1.807) is 31.0 Å². The smallest absolute Gasteiger partial charge is 0.240 e. The van der Waals surface area contributed by atoms with Crippen molar-refractivity contribution in [1.29, 1.82) is 0 Å². The summed E-state index contributed by atoms with van der Waals surface area (Å²) in [4.78, 5) is 12.3. The Morgan fingerprint density at radius 1 is 1.33 bits per heavy atom. The number of fused-ring (bicyclic) bond motifs is 1. The molecule has 3 aromatic rings. The largest absolute Gasteiger partial charge is 0.383 e. The molecule has 1 aromatic carbocycles. The van der Waals surface area contributed by atoms with Crippen molar-refractivity contribution in [2.24, 2.45) is 7.05 Å². The van der Waals surface area contributed by atoms with Crippen molar-refractivity contribution in [3.05, 3.63) is 54.0 Å². The minimum Gasteiger partial charge on any atom is -0.383 e. The second-order valence-electron chi connectivity index (χ2n) is 6.41. The summed E-state index contributed by atoms with van der Waals surface area (Å²) < 4.78 is 3.55. The van der Waals surface area contributed by atoms with Crippen LogP contribution in [-0.2, 0) is 24.0 Å². The molecule has 6 nitrogen and oxygen atoms in total. The topological polar surface area (TPSA) is 72.1 Å². The molecule has 126 valence electrons. The number of rotatable bonds is 5. The number of carbonyl (C=O) groups excluding carboxylic acids is 1. The van der Waals surface area contributed by atoms with E-state index >= 15 is 0 Å². The molecule has 1 amide bonds. The van der Waals surface area contributed by atoms with E-state index in [1.807, 2.05) is 42.0 Å². The van der Waals surface area contributed by atoms with Gasteiger partial charge in [-0.3, -0.25) is 9.48 Å². The number of amides is 1. The predicted octanol–water partition coefficient (Wildman–Crippen LogP) is 1.71. The highest BCUT2D eigenvalue weighted by Crippen LogP contribution is 2.21. The van der Waals surface area contributed by atoms with Crippen LogP contribution in [0.4, 0.5) is 0 Å². The maximum atomic E-state index is 12.3. The van der Waals surface area contributed by atoms with Crippen LogP contribution in [-0.4, -0.2) is 31.9 Å². The first-order chi connectivity index (χ1) is 11.4. The summed E-state index contributed by atoms with van der Waals surface area (Å²) in [5.41, 5.74) is 1.69. The van der Waals surface area contributed by atoms with E-state index in [4.69, 9.17) is 0 Å². The molecule has 0 aliphatic carbocycles. The molecule has 0 radical (unpaired) electrons. The van der Waals surface area contributed by atoms with Crippen molar-refractivity contribution >= 4 is 16.8 Å². The van der Waals surface area contributed by atoms with E-state index in [1.165, 1.54) is 0 Å². The van der Waals surface area contributed by atoms with Crippen LogP contribution in [0.1, 0.15) is 18.1 Å². The molecule has 0 fully saturated rings. The van der Waals surface area contributed by atoms with Gasteiger partial charge in [-0.15, -0.1) is 0 Å². The molecule has 1 atom stereocenters. The van der Waals surface area contributed by atoms with Gasteiger partial charge >= 0.3 is 0 Å². The Balaban J connectivity index is 1.67. The van der Waals surface area contributed by atoms with Gasteiger partial charge < -0.3 is 15.0 Å². The first kappa shape index (κ1) is 16.3. The predicted molar refractivity (Wildman–Crippen MR) is 92.5 cm³/mol. The number of hydrogen-bond donors (Lipinski definition) is 2. The van der Waals surface area contributed by atoms with Crippen LogP contribution in [0, 0.1) is 6.92 Å². The molecule has 0 saturated carbocycles. The lowest BCUT2D eigenvalue weighted by molar-refractivity contribution is -0.122. The summed E-state index contributed by atoms with van der Waals surface area (Å²) in [6.45, 7) is 4.05. The van der Waals surface area contributed by atoms with Crippen molar-refractivity contribution in [3.63, 3.8) is 0 Å². The van der Waals surface area contributed by atoms with Gasteiger partial charge in [-0.2, -0.15) is 5.10 Å². The molecular weight excluding hydrogens is 304 g/mol. The van der Waals surface area contributed by atoms with Gasteiger partial charge in [-0.05, 0) is 25.5 Å². The molecule has 24 heavy (non-hydrogen) atoms. The number of aliphatic hydroxyl groups is 1. The molecule has 6 heteroatoms. The van der Waals surface area contributed by atoms with Crippen LogP contribution in [0.15, 0.2) is 42.9 Å². The molecule has 0 aliphatic heterocycles. The molecule has 2 heterocycles. The molecule has 2 aromatic heterocycles. The molecule has 1 unspecified atom stereocenters. The van der Waals surface area contributed by atoms with Gasteiger partial charge in [0.25, 0.3) is 0 Å². The van der Waals surface area contributed by atoms with E-state index in [-0.39, 0.29) is 19.0 Å². The number of aryl methyl sites for hydroxylation is 2. The maximum absolute atomic E-state index is 12.3. The second-order valence-corrected chi connectivity index (χ2v) is 6.41. The lowest BCUT2D eigenvalue weighted by atomic mass is 10.00. The average Bonchev–Trinajstić information content (AvgIpc) is 3.11. The van der Waals surface area contributed by atoms with Crippen molar-refractivity contribution in [2.45, 2.75) is 26.0 Å². The Morgan fingerprint density at radius 3 is 2.79 bits per heavy atom. The van der Waals surface area contributed by atoms with Gasteiger partial charge in [-0.25, -0.2) is 0 Å². The number of benzene rings is 1. The standard InChI is InChI=1S/C18H22N4O2/c1-13-9-22(16-7-5-4-6-15(13)16)11-17(23)19-12-18(2,24)14-8-20-21(3)10-14/h4-10,24H,11-12H2,1-3H3,(H,19,23). The van der Waals surface area contributed by atoms with Crippen LogP contribution in [0.2, 0.25) is 0 Å². The average molecular weight is 326 g/mol. The number of nitrogens with zero attached hydrogens (tertiary/aromatic N) is 3. The minimum absolute atomic E-state index is 0.135. The highest BCUT2D eigenvalue weighted by molar-refractivity contribution is 5.86. The second kappa shape index (κ2) is 6.13. The Bertz CT molecular complexity index is 876. The third-order valence-corrected chi connectivity index (χ3v) is 4.26. The van der Waals surface area contributed by atoms with E-state index < -0.39 is 5.60 Å². The molecular formula is C18H22N4O2. The molecule has 3 rings (SSSR count). The summed E-state index contributed by atoms with van der Waals surface area (Å²) in [6, 6.07) is 8.00. The van der Waals surface area contributed by atoms with Gasteiger partial charge in [-0.1, -0.05) is 18.2 Å². The normalized spacial score (nSPS) is 13.8. The van der Waals surface area contributed by atoms with Gasteiger partial charge in [0.15, 0.2) is 0 Å². The quantitative estimate of drug-likeness (QED) is 0.750. The summed E-state index contributed by atoms with van der Waals surface area (Å²) in [6.07, 6.45) is 5.33. The molecule has 0 aliphatic rings. The fourth-order valence-corrected chi connectivity index (χ4v) is 2.84. The zero-order valence-electron chi connectivity index (χ0n) is 14.2. The van der Waals surface area contributed by atoms with E-state index in [9.17, 15) is 9.90 Å². The van der Waals surface area contributed by atoms with Crippen LogP contribution in [0.5, 0.6) is 0 Å². The monoisotopic (exact) mass is 326 g/mol.